The molecule has 2 aromatic rings. The highest BCUT2D eigenvalue weighted by Crippen LogP contribution is 2.52. The van der Waals surface area contributed by atoms with Crippen molar-refractivity contribution in [3.05, 3.63) is 64.7 Å². The molecule has 0 amide bonds. The minimum atomic E-state index is -5.44. The van der Waals surface area contributed by atoms with Crippen LogP contribution < -0.4 is 0 Å². The van der Waals surface area contributed by atoms with Crippen molar-refractivity contribution in [1.29, 1.82) is 0 Å². The molecule has 0 fully saturated rings. The monoisotopic (exact) mass is 594 g/mol. The van der Waals surface area contributed by atoms with Gasteiger partial charge in [-0.3, -0.25) is 0 Å². The summed E-state index contributed by atoms with van der Waals surface area (Å²) in [4.78, 5) is 1.45. The number of thioether (sulfide) groups is 1. The van der Waals surface area contributed by atoms with Gasteiger partial charge in [0.1, 0.15) is 0 Å². The van der Waals surface area contributed by atoms with Crippen LogP contribution in [0.1, 0.15) is 125 Å². The molecule has 0 radical (unpaired) electrons. The highest BCUT2D eigenvalue weighted by Gasteiger charge is 2.56. The molecule has 1 unspecified atom stereocenters. The molecule has 2 aromatic carbocycles. The summed E-state index contributed by atoms with van der Waals surface area (Å²) in [6, 6.07) is 16.3. The topological polar surface area (TPSA) is 0 Å². The SMILES string of the molecule is Cc1ccc2c(c1)SC[C@]1(C)c3ccc(cc3)CC(CCCCCCC(F)(F)C(F)(F)F)CCCCCCCC[C@H]21. The summed E-state index contributed by atoms with van der Waals surface area (Å²) in [5, 5.41) is 0. The second kappa shape index (κ2) is 14.3. The summed E-state index contributed by atoms with van der Waals surface area (Å²) < 4.78 is 63.6. The molecular formula is C35H47F5S. The number of hydrogen-bond acceptors (Lipinski definition) is 1. The van der Waals surface area contributed by atoms with Gasteiger partial charge in [-0.2, -0.15) is 22.0 Å². The first-order valence-corrected chi connectivity index (χ1v) is 16.8. The largest absolute Gasteiger partial charge is 0.453 e. The third-order valence-corrected chi connectivity index (χ3v) is 11.0. The number of hydrogen-bond donors (Lipinski definition) is 0. The Morgan fingerprint density at radius 2 is 1.46 bits per heavy atom. The summed E-state index contributed by atoms with van der Waals surface area (Å²) in [6.45, 7) is 4.64. The van der Waals surface area contributed by atoms with Crippen molar-refractivity contribution in [3.8, 4) is 0 Å². The first-order valence-electron chi connectivity index (χ1n) is 15.8. The number of aryl methyl sites for hydroxylation is 1. The van der Waals surface area contributed by atoms with E-state index in [1.54, 1.807) is 0 Å². The van der Waals surface area contributed by atoms with Crippen molar-refractivity contribution in [2.75, 3.05) is 5.75 Å². The molecule has 3 atom stereocenters. The predicted molar refractivity (Wildman–Crippen MR) is 161 cm³/mol. The van der Waals surface area contributed by atoms with Gasteiger partial charge < -0.3 is 0 Å². The van der Waals surface area contributed by atoms with Gasteiger partial charge in [0.25, 0.3) is 0 Å². The van der Waals surface area contributed by atoms with Gasteiger partial charge in [0.05, 0.1) is 0 Å². The van der Waals surface area contributed by atoms with Crippen molar-refractivity contribution < 1.29 is 22.0 Å². The number of rotatable bonds is 7. The van der Waals surface area contributed by atoms with Crippen LogP contribution >= 0.6 is 11.8 Å². The fraction of sp³-hybridized carbons (Fsp3) is 0.657. The van der Waals surface area contributed by atoms with E-state index < -0.39 is 18.5 Å². The van der Waals surface area contributed by atoms with Gasteiger partial charge in [0.2, 0.25) is 0 Å². The number of halogens is 5. The normalized spacial score (nSPS) is 24.6. The van der Waals surface area contributed by atoms with Gasteiger partial charge in [0.15, 0.2) is 0 Å². The lowest BCUT2D eigenvalue weighted by molar-refractivity contribution is -0.284. The minimum absolute atomic E-state index is 0.0826. The molecule has 1 aliphatic heterocycles. The maximum atomic E-state index is 13.2. The zero-order chi connectivity index (χ0) is 29.5. The highest BCUT2D eigenvalue weighted by atomic mass is 32.2. The number of benzene rings is 2. The second-order valence-electron chi connectivity index (χ2n) is 12.9. The molecule has 0 nitrogen and oxygen atoms in total. The maximum absolute atomic E-state index is 13.2. The zero-order valence-electron chi connectivity index (χ0n) is 24.8. The van der Waals surface area contributed by atoms with Crippen molar-refractivity contribution in [2.24, 2.45) is 5.92 Å². The third kappa shape index (κ3) is 8.51. The molecule has 41 heavy (non-hydrogen) atoms. The Balaban J connectivity index is 1.41. The van der Waals surface area contributed by atoms with Crippen LogP contribution in [0.25, 0.3) is 0 Å². The van der Waals surface area contributed by atoms with Gasteiger partial charge in [-0.15, -0.1) is 11.8 Å². The summed E-state index contributed by atoms with van der Waals surface area (Å²) in [5.74, 6) is -2.45. The van der Waals surface area contributed by atoms with Crippen LogP contribution in [0.4, 0.5) is 22.0 Å². The smallest absolute Gasteiger partial charge is 0.196 e. The van der Waals surface area contributed by atoms with Gasteiger partial charge >= 0.3 is 12.1 Å². The van der Waals surface area contributed by atoms with E-state index in [-0.39, 0.29) is 11.8 Å². The molecule has 0 spiro atoms. The lowest BCUT2D eigenvalue weighted by atomic mass is 9.67. The molecule has 0 N–H and O–H groups in total. The average molecular weight is 595 g/mol. The Morgan fingerprint density at radius 3 is 2.17 bits per heavy atom. The van der Waals surface area contributed by atoms with E-state index in [9.17, 15) is 22.0 Å². The summed E-state index contributed by atoms with van der Waals surface area (Å²) >= 11 is 2.00. The van der Waals surface area contributed by atoms with Crippen LogP contribution in [0.2, 0.25) is 0 Å². The van der Waals surface area contributed by atoms with Crippen LogP contribution in [0.3, 0.4) is 0 Å². The third-order valence-electron chi connectivity index (χ3n) is 9.60. The van der Waals surface area contributed by atoms with Gasteiger partial charge in [-0.1, -0.05) is 120 Å². The molecule has 2 bridgehead atoms. The molecular weight excluding hydrogens is 547 g/mol. The van der Waals surface area contributed by atoms with Gasteiger partial charge in [0, 0.05) is 22.5 Å². The maximum Gasteiger partial charge on any atom is 0.453 e. The predicted octanol–water partition coefficient (Wildman–Crippen LogP) is 12.0. The average Bonchev–Trinajstić information content (AvgIpc) is 2.92. The van der Waals surface area contributed by atoms with E-state index in [0.29, 0.717) is 24.7 Å². The van der Waals surface area contributed by atoms with Gasteiger partial charge in [-0.25, -0.2) is 0 Å². The molecule has 0 saturated carbocycles. The number of alkyl halides is 5. The molecule has 0 aromatic heterocycles. The van der Waals surface area contributed by atoms with Crippen LogP contribution in [0.5, 0.6) is 0 Å². The van der Waals surface area contributed by atoms with Crippen LogP contribution in [0, 0.1) is 12.8 Å². The Bertz CT molecular complexity index is 1090. The number of fused-ring (bicyclic) bond motifs is 12. The summed E-state index contributed by atoms with van der Waals surface area (Å²) in [5.41, 5.74) is 5.70. The molecule has 1 heterocycles. The molecule has 6 heteroatoms. The molecule has 228 valence electrons. The Hall–Kier alpha value is -1.56. The summed E-state index contributed by atoms with van der Waals surface area (Å²) in [7, 11) is 0. The van der Waals surface area contributed by atoms with E-state index in [1.165, 1.54) is 72.1 Å². The first kappa shape index (κ1) is 32.4. The number of unbranched alkanes of at least 4 members (excludes halogenated alkanes) is 3. The Kier molecular flexibility index (Phi) is 11.3. The second-order valence-corrected chi connectivity index (χ2v) is 13.9. The van der Waals surface area contributed by atoms with Gasteiger partial charge in [-0.05, 0) is 60.8 Å². The van der Waals surface area contributed by atoms with Crippen molar-refractivity contribution in [1.82, 2.24) is 0 Å². The quantitative estimate of drug-likeness (QED) is 0.227. The first-order chi connectivity index (χ1) is 19.5. The van der Waals surface area contributed by atoms with Crippen molar-refractivity contribution >= 4 is 11.8 Å². The standard InChI is InChI=1S/C35H47F5S/c1-26-16-21-30-31-15-11-6-4-3-5-9-13-27(14-10-7-8-12-22-34(36,37)35(38,39)40)24-28-17-19-29(20-18-28)33(31,2)25-41-32(30)23-26/h16-21,23,27,31H,3-15,22,24-25H2,1-2H3/t27?,31-,33-/m1/s1. The van der Waals surface area contributed by atoms with E-state index in [0.717, 1.165) is 31.4 Å². The van der Waals surface area contributed by atoms with Crippen molar-refractivity contribution in [3.63, 3.8) is 0 Å². The molecule has 3 aliphatic rings. The van der Waals surface area contributed by atoms with E-state index >= 15 is 0 Å². The lowest BCUT2D eigenvalue weighted by Crippen LogP contribution is -2.36. The Labute approximate surface area is 248 Å². The van der Waals surface area contributed by atoms with Crippen molar-refractivity contribution in [2.45, 2.75) is 138 Å². The molecule has 0 saturated heterocycles. The van der Waals surface area contributed by atoms with Crippen LogP contribution in [-0.2, 0) is 11.8 Å². The van der Waals surface area contributed by atoms with Crippen LogP contribution in [0.15, 0.2) is 47.4 Å². The fourth-order valence-corrected chi connectivity index (χ4v) is 8.42. The van der Waals surface area contributed by atoms with E-state index in [4.69, 9.17) is 0 Å². The lowest BCUT2D eigenvalue weighted by Gasteiger charge is -2.43. The Morgan fingerprint density at radius 1 is 0.805 bits per heavy atom. The molecule has 5 rings (SSSR count). The van der Waals surface area contributed by atoms with Crippen LogP contribution in [-0.4, -0.2) is 17.9 Å². The molecule has 2 aliphatic carbocycles. The summed E-state index contributed by atoms with van der Waals surface area (Å²) in [6.07, 6.45) is 7.30. The van der Waals surface area contributed by atoms with E-state index in [2.05, 4.69) is 56.3 Å². The highest BCUT2D eigenvalue weighted by molar-refractivity contribution is 7.99. The van der Waals surface area contributed by atoms with E-state index in [1.807, 2.05) is 11.8 Å². The fourth-order valence-electron chi connectivity index (χ4n) is 6.95. The minimum Gasteiger partial charge on any atom is -0.196 e. The zero-order valence-corrected chi connectivity index (χ0v) is 25.6.